The molecule has 0 radical (unpaired) electrons. The second-order valence-corrected chi connectivity index (χ2v) is 35.2. The molecule has 0 atom stereocenters. The minimum absolute atomic E-state index is 0.110. The van der Waals surface area contributed by atoms with Crippen LogP contribution in [0.15, 0.2) is 485 Å². The van der Waals surface area contributed by atoms with Crippen LogP contribution in [0.25, 0.3) is 121 Å². The summed E-state index contributed by atoms with van der Waals surface area (Å²) in [4.78, 5) is 9.65. The van der Waals surface area contributed by atoms with E-state index in [1.807, 2.05) is 0 Å². The summed E-state index contributed by atoms with van der Waals surface area (Å²) in [5.74, 6) is 0. The number of hydrogen-bond acceptors (Lipinski definition) is 4. The predicted molar refractivity (Wildman–Crippen MR) is 549 cm³/mol. The molecule has 20 aromatic carbocycles. The van der Waals surface area contributed by atoms with E-state index in [4.69, 9.17) is 0 Å². The van der Waals surface area contributed by atoms with Crippen LogP contribution < -0.4 is 19.6 Å². The number of nitrogens with zero attached hydrogens (tertiary/aromatic N) is 6. The van der Waals surface area contributed by atoms with Gasteiger partial charge in [-0.3, -0.25) is 0 Å². The highest BCUT2D eigenvalue weighted by Crippen LogP contribution is 2.56. The third kappa shape index (κ3) is 13.7. The number of fused-ring (bicyclic) bond motifs is 13. The SMILES string of the molecule is CC1(C)c2ccc(N(c3ccccc3)c3cc(N(c4ccccc4)c4ccccc4)cc4c3c3ccccc3n4-c3ccc(-c4ccccc4)cc3)cc2-c2cc3ccccc3cc21.CC1(C)c2ccccc2-c2ccc(N(c3ccccc3)c3ccc(-c4cc(N(c5ccccc5)c5ccccc5)cc5c4c4ccccc4n5-c4ccc(-c5ccccc5)cc4)cc3)cc21. The minimum atomic E-state index is -0.145. The van der Waals surface area contributed by atoms with Crippen molar-refractivity contribution in [3.05, 3.63) is 508 Å². The number of rotatable bonds is 17. The van der Waals surface area contributed by atoms with Gasteiger partial charge in [-0.2, -0.15) is 0 Å². The van der Waals surface area contributed by atoms with Gasteiger partial charge in [0.2, 0.25) is 0 Å². The molecule has 2 heterocycles. The third-order valence-electron chi connectivity index (χ3n) is 26.8. The number of anilines is 12. The van der Waals surface area contributed by atoms with Gasteiger partial charge in [0.25, 0.3) is 0 Å². The van der Waals surface area contributed by atoms with Gasteiger partial charge in [-0.15, -0.1) is 0 Å². The van der Waals surface area contributed by atoms with Crippen molar-refractivity contribution < 1.29 is 0 Å². The van der Waals surface area contributed by atoms with Crippen LogP contribution in [0, 0.1) is 0 Å². The van der Waals surface area contributed by atoms with E-state index in [0.29, 0.717) is 0 Å². The monoisotopic (exact) mass is 1660 g/mol. The van der Waals surface area contributed by atoms with E-state index < -0.39 is 0 Å². The van der Waals surface area contributed by atoms with Gasteiger partial charge < -0.3 is 28.7 Å². The lowest BCUT2D eigenvalue weighted by molar-refractivity contribution is 0.660. The summed E-state index contributed by atoms with van der Waals surface area (Å²) in [6.45, 7) is 9.45. The van der Waals surface area contributed by atoms with Crippen molar-refractivity contribution in [1.82, 2.24) is 9.13 Å². The summed E-state index contributed by atoms with van der Waals surface area (Å²) in [7, 11) is 0. The van der Waals surface area contributed by atoms with E-state index in [2.05, 4.69) is 542 Å². The molecule has 24 rings (SSSR count). The maximum Gasteiger partial charge on any atom is 0.0583 e. The first-order chi connectivity index (χ1) is 64.0. The Hall–Kier alpha value is -16.5. The van der Waals surface area contributed by atoms with E-state index in [1.54, 1.807) is 0 Å². The molecule has 0 saturated carbocycles. The van der Waals surface area contributed by atoms with E-state index in [9.17, 15) is 0 Å². The predicted octanol–water partition coefficient (Wildman–Crippen LogP) is 34.2. The van der Waals surface area contributed by atoms with E-state index >= 15 is 0 Å². The van der Waals surface area contributed by atoms with Gasteiger partial charge in [0, 0.05) is 101 Å². The second-order valence-electron chi connectivity index (χ2n) is 35.2. The highest BCUT2D eigenvalue weighted by molar-refractivity contribution is 6.19. The fourth-order valence-corrected chi connectivity index (χ4v) is 20.6. The van der Waals surface area contributed by atoms with Crippen molar-refractivity contribution in [3.8, 4) is 67.0 Å². The molecule has 2 aliphatic rings. The zero-order valence-electron chi connectivity index (χ0n) is 72.9. The topological polar surface area (TPSA) is 22.8 Å². The fourth-order valence-electron chi connectivity index (χ4n) is 20.6. The van der Waals surface area contributed by atoms with Crippen LogP contribution >= 0.6 is 0 Å². The van der Waals surface area contributed by atoms with Crippen molar-refractivity contribution in [2.75, 3.05) is 19.6 Å². The molecule has 0 amide bonds. The summed E-state index contributed by atoms with van der Waals surface area (Å²) >= 11 is 0. The average molecular weight is 1670 g/mol. The van der Waals surface area contributed by atoms with Crippen LogP contribution in [0.4, 0.5) is 68.2 Å². The molecule has 0 unspecified atom stereocenters. The minimum Gasteiger partial charge on any atom is -0.310 e. The smallest absolute Gasteiger partial charge is 0.0583 e. The van der Waals surface area contributed by atoms with Gasteiger partial charge in [0.1, 0.15) is 0 Å². The highest BCUT2D eigenvalue weighted by Gasteiger charge is 2.39. The molecule has 0 N–H and O–H groups in total. The summed E-state index contributed by atoms with van der Waals surface area (Å²) in [6.07, 6.45) is 0. The zero-order chi connectivity index (χ0) is 87.0. The lowest BCUT2D eigenvalue weighted by Crippen LogP contribution is -2.16. The molecule has 2 aliphatic carbocycles. The quantitative estimate of drug-likeness (QED) is 0.0906. The number of hydrogen-bond donors (Lipinski definition) is 0. The molecular formula is C124H92N6. The maximum atomic E-state index is 2.49. The highest BCUT2D eigenvalue weighted by atomic mass is 15.2. The Bertz CT molecular complexity index is 7890. The van der Waals surface area contributed by atoms with E-state index in [1.165, 1.54) is 105 Å². The van der Waals surface area contributed by atoms with Crippen LogP contribution in [0.5, 0.6) is 0 Å². The van der Waals surface area contributed by atoms with Crippen molar-refractivity contribution in [3.63, 3.8) is 0 Å². The second kappa shape index (κ2) is 32.5. The fraction of sp³-hybridized carbons (Fsp3) is 0.0484. The number of para-hydroxylation sites is 8. The molecule has 130 heavy (non-hydrogen) atoms. The lowest BCUT2D eigenvalue weighted by Gasteiger charge is -2.31. The van der Waals surface area contributed by atoms with E-state index in [-0.39, 0.29) is 10.8 Å². The van der Waals surface area contributed by atoms with Crippen LogP contribution in [0.3, 0.4) is 0 Å². The van der Waals surface area contributed by atoms with Gasteiger partial charge >= 0.3 is 0 Å². The summed E-state index contributed by atoms with van der Waals surface area (Å²) in [6, 6.07) is 177. The summed E-state index contributed by atoms with van der Waals surface area (Å²) in [5.41, 5.74) is 37.5. The van der Waals surface area contributed by atoms with Crippen molar-refractivity contribution in [2.24, 2.45) is 0 Å². The zero-order valence-corrected chi connectivity index (χ0v) is 72.9. The normalized spacial score (nSPS) is 12.6. The van der Waals surface area contributed by atoms with Crippen LogP contribution in [-0.2, 0) is 10.8 Å². The van der Waals surface area contributed by atoms with Gasteiger partial charge in [0.15, 0.2) is 0 Å². The Balaban J connectivity index is 0.000000148. The Labute approximate surface area is 759 Å². The van der Waals surface area contributed by atoms with E-state index in [0.717, 1.165) is 107 Å². The summed E-state index contributed by atoms with van der Waals surface area (Å²) in [5, 5.41) is 7.34. The van der Waals surface area contributed by atoms with Gasteiger partial charge in [-0.05, 0) is 271 Å². The van der Waals surface area contributed by atoms with Gasteiger partial charge in [-0.1, -0.05) is 331 Å². The molecule has 0 spiro atoms. The first-order valence-corrected chi connectivity index (χ1v) is 45.0. The number of aromatic nitrogens is 2. The molecule has 6 nitrogen and oxygen atoms in total. The summed E-state index contributed by atoms with van der Waals surface area (Å²) < 4.78 is 4.90. The average Bonchev–Trinajstić information content (AvgIpc) is 1.51. The van der Waals surface area contributed by atoms with Crippen LogP contribution in [-0.4, -0.2) is 9.13 Å². The lowest BCUT2D eigenvalue weighted by atomic mass is 9.82. The van der Waals surface area contributed by atoms with Crippen molar-refractivity contribution >= 4 is 123 Å². The Morgan fingerprint density at radius 1 is 0.177 bits per heavy atom. The Morgan fingerprint density at radius 3 is 1.00 bits per heavy atom. The molecular weight excluding hydrogens is 1570 g/mol. The first-order valence-electron chi connectivity index (χ1n) is 45.0. The van der Waals surface area contributed by atoms with Crippen molar-refractivity contribution in [1.29, 1.82) is 0 Å². The third-order valence-corrected chi connectivity index (χ3v) is 26.8. The molecule has 6 heteroatoms. The Kier molecular flexibility index (Phi) is 19.5. The molecule has 618 valence electrons. The molecule has 0 bridgehead atoms. The molecule has 0 fully saturated rings. The molecule has 22 aromatic rings. The van der Waals surface area contributed by atoms with Crippen LogP contribution in [0.2, 0.25) is 0 Å². The van der Waals surface area contributed by atoms with Gasteiger partial charge in [-0.25, -0.2) is 0 Å². The standard InChI is InChI=1S/C63H47N3.C61H45N3/c1-63(2)58-29-17-15-27-54(58)55-40-39-52(42-59(55)63)64(47-21-9-4-10-22-47)50-37-33-46(34-38-50)57-41-53(65(48-23-11-5-12-24-48)49-25-13-6-14-26-49)43-61-62(57)56-28-16-18-30-60(56)66(61)51-35-31-45(32-36-51)44-19-7-3-8-20-44;1-61(2)55-36-35-50(39-54(55)53-37-44-21-15-16-22-45(44)38-56(53)61)63(48-27-13-6-14-28-48)58-40-51(62(46-23-9-4-10-24-46)47-25-11-5-12-26-47)41-59-60(58)52-29-17-18-30-57(52)64(59)49-33-31-43(32-34-49)42-19-7-3-8-20-42/h3-43H,1-2H3;3-41H,1-2H3. The van der Waals surface area contributed by atoms with Crippen molar-refractivity contribution in [2.45, 2.75) is 38.5 Å². The largest absolute Gasteiger partial charge is 0.310 e. The van der Waals surface area contributed by atoms with Gasteiger partial charge in [0.05, 0.1) is 33.4 Å². The van der Waals surface area contributed by atoms with Crippen LogP contribution in [0.1, 0.15) is 49.9 Å². The Morgan fingerprint density at radius 2 is 0.500 bits per heavy atom. The molecule has 2 aromatic heterocycles. The molecule has 0 aliphatic heterocycles. The number of benzene rings is 20. The maximum absolute atomic E-state index is 2.49. The molecule has 0 saturated heterocycles. The first kappa shape index (κ1) is 78.2.